The van der Waals surface area contributed by atoms with E-state index >= 15 is 0 Å². The molecule has 2 heterocycles. The van der Waals surface area contributed by atoms with Crippen LogP contribution in [0.5, 0.6) is 0 Å². The molecule has 18 heavy (non-hydrogen) atoms. The lowest BCUT2D eigenvalue weighted by Gasteiger charge is -2.29. The molecule has 0 bridgehead atoms. The van der Waals surface area contributed by atoms with Crippen LogP contribution in [-0.4, -0.2) is 46.8 Å². The summed E-state index contributed by atoms with van der Waals surface area (Å²) in [7, 11) is 2.12. The van der Waals surface area contributed by atoms with E-state index in [1.54, 1.807) is 4.68 Å². The summed E-state index contributed by atoms with van der Waals surface area (Å²) >= 11 is 0. The Morgan fingerprint density at radius 1 is 1.50 bits per heavy atom. The van der Waals surface area contributed by atoms with E-state index in [-0.39, 0.29) is 5.91 Å². The van der Waals surface area contributed by atoms with Crippen LogP contribution in [0.15, 0.2) is 6.20 Å². The summed E-state index contributed by atoms with van der Waals surface area (Å²) in [6.07, 6.45) is 3.89. The summed E-state index contributed by atoms with van der Waals surface area (Å²) in [6, 6.07) is 0.304. The van der Waals surface area contributed by atoms with Crippen LogP contribution < -0.4 is 5.32 Å². The molecule has 1 saturated heterocycles. The van der Waals surface area contributed by atoms with E-state index in [2.05, 4.69) is 22.4 Å². The fraction of sp³-hybridized carbons (Fsp3) is 0.692. The molecule has 1 aromatic rings. The molecular formula is C13H22N4O. The van der Waals surface area contributed by atoms with Gasteiger partial charge in [0.25, 0.3) is 5.91 Å². The molecule has 0 unspecified atom stereocenters. The number of carbonyl (C=O) groups excluding carboxylic acids is 1. The molecule has 0 atom stereocenters. The van der Waals surface area contributed by atoms with Gasteiger partial charge in [0.15, 0.2) is 0 Å². The van der Waals surface area contributed by atoms with Crippen LogP contribution in [0, 0.1) is 6.92 Å². The Bertz CT molecular complexity index is 419. The second kappa shape index (κ2) is 5.52. The molecule has 1 fully saturated rings. The Morgan fingerprint density at radius 2 is 2.17 bits per heavy atom. The number of nitrogens with one attached hydrogen (secondary N) is 1. The number of nitrogens with zero attached hydrogens (tertiary/aromatic N) is 3. The monoisotopic (exact) mass is 250 g/mol. The maximum atomic E-state index is 12.2. The van der Waals surface area contributed by atoms with Gasteiger partial charge in [0.05, 0.1) is 11.3 Å². The van der Waals surface area contributed by atoms with E-state index in [1.165, 1.54) is 0 Å². The highest BCUT2D eigenvalue weighted by atomic mass is 16.1. The molecule has 1 N–H and O–H groups in total. The number of piperidine rings is 1. The second-order valence-electron chi connectivity index (χ2n) is 5.03. The zero-order valence-electron chi connectivity index (χ0n) is 11.4. The number of aryl methyl sites for hydroxylation is 2. The quantitative estimate of drug-likeness (QED) is 0.872. The zero-order valence-corrected chi connectivity index (χ0v) is 11.4. The Labute approximate surface area is 108 Å². The molecule has 0 radical (unpaired) electrons. The van der Waals surface area contributed by atoms with Crippen LogP contribution in [0.3, 0.4) is 0 Å². The molecule has 100 valence electrons. The predicted octanol–water partition coefficient (Wildman–Crippen LogP) is 1.04. The Morgan fingerprint density at radius 3 is 2.72 bits per heavy atom. The molecule has 5 heteroatoms. The predicted molar refractivity (Wildman–Crippen MR) is 70.6 cm³/mol. The third-order valence-corrected chi connectivity index (χ3v) is 3.57. The fourth-order valence-corrected chi connectivity index (χ4v) is 2.32. The minimum Gasteiger partial charge on any atom is -0.349 e. The van der Waals surface area contributed by atoms with Gasteiger partial charge in [-0.3, -0.25) is 9.48 Å². The van der Waals surface area contributed by atoms with Crippen LogP contribution in [0.1, 0.15) is 35.8 Å². The van der Waals surface area contributed by atoms with E-state index in [0.29, 0.717) is 11.6 Å². The number of rotatable bonds is 3. The van der Waals surface area contributed by atoms with Gasteiger partial charge in [0.2, 0.25) is 0 Å². The molecule has 2 rings (SSSR count). The Balaban J connectivity index is 1.96. The zero-order chi connectivity index (χ0) is 13.1. The number of amides is 1. The van der Waals surface area contributed by atoms with Crippen LogP contribution in [0.2, 0.25) is 0 Å². The normalized spacial score (nSPS) is 17.9. The van der Waals surface area contributed by atoms with Gasteiger partial charge >= 0.3 is 0 Å². The number of likely N-dealkylation sites (tertiary alicyclic amines) is 1. The van der Waals surface area contributed by atoms with Gasteiger partial charge in [-0.25, -0.2) is 0 Å². The van der Waals surface area contributed by atoms with Crippen molar-refractivity contribution in [2.75, 3.05) is 20.1 Å². The molecule has 1 aromatic heterocycles. The van der Waals surface area contributed by atoms with Gasteiger partial charge in [-0.2, -0.15) is 5.10 Å². The summed E-state index contributed by atoms with van der Waals surface area (Å²) < 4.78 is 1.80. The molecule has 0 aliphatic carbocycles. The third-order valence-electron chi connectivity index (χ3n) is 3.57. The van der Waals surface area contributed by atoms with Crippen molar-refractivity contribution in [3.05, 3.63) is 17.5 Å². The highest BCUT2D eigenvalue weighted by Gasteiger charge is 2.20. The van der Waals surface area contributed by atoms with E-state index < -0.39 is 0 Å². The van der Waals surface area contributed by atoms with Gasteiger partial charge in [0, 0.05) is 18.8 Å². The average molecular weight is 250 g/mol. The largest absolute Gasteiger partial charge is 0.349 e. The first kappa shape index (κ1) is 13.1. The van der Waals surface area contributed by atoms with Gasteiger partial charge in [0.1, 0.15) is 0 Å². The van der Waals surface area contributed by atoms with Crippen molar-refractivity contribution in [1.82, 2.24) is 20.0 Å². The lowest BCUT2D eigenvalue weighted by Crippen LogP contribution is -2.43. The molecule has 1 amide bonds. The maximum absolute atomic E-state index is 12.2. The van der Waals surface area contributed by atoms with Crippen molar-refractivity contribution in [2.24, 2.45) is 0 Å². The molecule has 0 spiro atoms. The Hall–Kier alpha value is -1.36. The highest BCUT2D eigenvalue weighted by molar-refractivity contribution is 5.95. The molecule has 1 aliphatic rings. The van der Waals surface area contributed by atoms with Gasteiger partial charge in [-0.05, 0) is 46.8 Å². The van der Waals surface area contributed by atoms with Gasteiger partial charge in [-0.1, -0.05) is 0 Å². The van der Waals surface area contributed by atoms with Crippen molar-refractivity contribution in [2.45, 2.75) is 39.3 Å². The van der Waals surface area contributed by atoms with Crippen molar-refractivity contribution in [1.29, 1.82) is 0 Å². The first-order valence-corrected chi connectivity index (χ1v) is 6.63. The Kier molecular flexibility index (Phi) is 4.01. The minimum atomic E-state index is 0.0155. The number of aromatic nitrogens is 2. The smallest absolute Gasteiger partial charge is 0.254 e. The first-order valence-electron chi connectivity index (χ1n) is 6.63. The van der Waals surface area contributed by atoms with Crippen molar-refractivity contribution in [3.63, 3.8) is 0 Å². The molecule has 0 saturated carbocycles. The average Bonchev–Trinajstić information content (AvgIpc) is 2.73. The fourth-order valence-electron chi connectivity index (χ4n) is 2.32. The lowest BCUT2D eigenvalue weighted by molar-refractivity contribution is 0.0916. The van der Waals surface area contributed by atoms with E-state index in [9.17, 15) is 4.79 Å². The van der Waals surface area contributed by atoms with Crippen LogP contribution >= 0.6 is 0 Å². The third kappa shape index (κ3) is 2.90. The van der Waals surface area contributed by atoms with Gasteiger partial charge < -0.3 is 10.2 Å². The maximum Gasteiger partial charge on any atom is 0.254 e. The summed E-state index contributed by atoms with van der Waals surface area (Å²) in [5, 5.41) is 7.42. The number of carbonyl (C=O) groups is 1. The summed E-state index contributed by atoms with van der Waals surface area (Å²) in [4.78, 5) is 14.5. The molecular weight excluding hydrogens is 228 g/mol. The standard InChI is InChI=1S/C13H22N4O/c1-4-17-9-12(10(2)15-17)13(18)14-11-5-7-16(3)8-6-11/h9,11H,4-8H2,1-3H3,(H,14,18). The van der Waals surface area contributed by atoms with Crippen molar-refractivity contribution >= 4 is 5.91 Å². The molecule has 5 nitrogen and oxygen atoms in total. The first-order chi connectivity index (χ1) is 8.60. The van der Waals surface area contributed by atoms with E-state index in [4.69, 9.17) is 0 Å². The van der Waals surface area contributed by atoms with Gasteiger partial charge in [-0.15, -0.1) is 0 Å². The SMILES string of the molecule is CCn1cc(C(=O)NC2CCN(C)CC2)c(C)n1. The molecule has 0 aromatic carbocycles. The van der Waals surface area contributed by atoms with Crippen molar-refractivity contribution in [3.8, 4) is 0 Å². The van der Waals surface area contributed by atoms with E-state index in [0.717, 1.165) is 38.2 Å². The van der Waals surface area contributed by atoms with Crippen LogP contribution in [0.25, 0.3) is 0 Å². The van der Waals surface area contributed by atoms with E-state index in [1.807, 2.05) is 20.0 Å². The van der Waals surface area contributed by atoms with Crippen LogP contribution in [-0.2, 0) is 6.54 Å². The summed E-state index contributed by atoms with van der Waals surface area (Å²) in [5.41, 5.74) is 1.51. The second-order valence-corrected chi connectivity index (χ2v) is 5.03. The summed E-state index contributed by atoms with van der Waals surface area (Å²) in [6.45, 7) is 6.81. The minimum absolute atomic E-state index is 0.0155. The molecule has 1 aliphatic heterocycles. The summed E-state index contributed by atoms with van der Waals surface area (Å²) in [5.74, 6) is 0.0155. The topological polar surface area (TPSA) is 50.2 Å². The number of hydrogen-bond acceptors (Lipinski definition) is 3. The highest BCUT2D eigenvalue weighted by Crippen LogP contribution is 2.11. The van der Waals surface area contributed by atoms with Crippen molar-refractivity contribution < 1.29 is 4.79 Å². The van der Waals surface area contributed by atoms with Crippen LogP contribution in [0.4, 0.5) is 0 Å². The lowest BCUT2D eigenvalue weighted by atomic mass is 10.1. The number of hydrogen-bond donors (Lipinski definition) is 1.